The Morgan fingerprint density at radius 3 is 2.26 bits per heavy atom. The quantitative estimate of drug-likeness (QED) is 0.679. The average molecular weight is 371 g/mol. The Morgan fingerprint density at radius 2 is 1.59 bits per heavy atom. The maximum absolute atomic E-state index is 12.5. The Balaban J connectivity index is 1.72. The van der Waals surface area contributed by atoms with Crippen LogP contribution in [0.15, 0.2) is 78.9 Å². The van der Waals surface area contributed by atoms with Crippen molar-refractivity contribution in [1.29, 1.82) is 5.26 Å². The second-order valence-electron chi connectivity index (χ2n) is 5.90. The molecule has 3 aromatic carbocycles. The van der Waals surface area contributed by atoms with Gasteiger partial charge in [0.15, 0.2) is 5.11 Å². The van der Waals surface area contributed by atoms with Crippen LogP contribution in [0.1, 0.15) is 15.9 Å². The number of nitriles is 1. The van der Waals surface area contributed by atoms with E-state index in [0.29, 0.717) is 16.2 Å². The van der Waals surface area contributed by atoms with E-state index in [1.165, 1.54) is 4.90 Å². The van der Waals surface area contributed by atoms with Gasteiger partial charge in [-0.15, -0.1) is 0 Å². The Kier molecular flexibility index (Phi) is 5.60. The van der Waals surface area contributed by atoms with E-state index < -0.39 is 0 Å². The minimum atomic E-state index is -0.173. The SMILES string of the molecule is CN(C(=O)c1ccccc1)C(=S)Nc1ccc(-c2ccccc2C#N)cc1. The summed E-state index contributed by atoms with van der Waals surface area (Å²) in [4.78, 5) is 13.9. The predicted octanol–water partition coefficient (Wildman–Crippen LogP) is 4.69. The molecule has 0 bridgehead atoms. The van der Waals surface area contributed by atoms with Crippen LogP contribution in [0.3, 0.4) is 0 Å². The van der Waals surface area contributed by atoms with E-state index >= 15 is 0 Å². The number of nitrogens with zero attached hydrogens (tertiary/aromatic N) is 2. The Hall–Kier alpha value is -3.49. The van der Waals surface area contributed by atoms with Gasteiger partial charge in [0.25, 0.3) is 5.91 Å². The molecule has 0 heterocycles. The van der Waals surface area contributed by atoms with E-state index in [1.54, 1.807) is 25.2 Å². The van der Waals surface area contributed by atoms with Gasteiger partial charge in [0.1, 0.15) is 0 Å². The maximum atomic E-state index is 12.5. The predicted molar refractivity (Wildman–Crippen MR) is 111 cm³/mol. The van der Waals surface area contributed by atoms with Crippen molar-refractivity contribution >= 4 is 28.9 Å². The van der Waals surface area contributed by atoms with Crippen molar-refractivity contribution in [1.82, 2.24) is 4.90 Å². The monoisotopic (exact) mass is 371 g/mol. The summed E-state index contributed by atoms with van der Waals surface area (Å²) in [5.41, 5.74) is 3.79. The van der Waals surface area contributed by atoms with E-state index in [-0.39, 0.29) is 5.91 Å². The van der Waals surface area contributed by atoms with Crippen molar-refractivity contribution in [3.8, 4) is 17.2 Å². The molecule has 3 aromatic rings. The first-order valence-corrected chi connectivity index (χ1v) is 8.74. The Labute approximate surface area is 163 Å². The molecular weight excluding hydrogens is 354 g/mol. The Bertz CT molecular complexity index is 1010. The molecule has 1 N–H and O–H groups in total. The number of anilines is 1. The van der Waals surface area contributed by atoms with Crippen LogP contribution in [0.4, 0.5) is 5.69 Å². The van der Waals surface area contributed by atoms with Gasteiger partial charge in [0.05, 0.1) is 11.6 Å². The highest BCUT2D eigenvalue weighted by Crippen LogP contribution is 2.24. The van der Waals surface area contributed by atoms with Crippen molar-refractivity contribution in [3.05, 3.63) is 90.0 Å². The molecule has 0 aromatic heterocycles. The summed E-state index contributed by atoms with van der Waals surface area (Å²) in [5, 5.41) is 12.6. The molecule has 0 unspecified atom stereocenters. The van der Waals surface area contributed by atoms with Gasteiger partial charge in [0, 0.05) is 18.3 Å². The molecule has 0 fully saturated rings. The van der Waals surface area contributed by atoms with Gasteiger partial charge in [-0.1, -0.05) is 48.5 Å². The molecule has 27 heavy (non-hydrogen) atoms. The van der Waals surface area contributed by atoms with Crippen LogP contribution in [0.2, 0.25) is 0 Å². The highest BCUT2D eigenvalue weighted by Gasteiger charge is 2.15. The summed E-state index contributed by atoms with van der Waals surface area (Å²) >= 11 is 5.35. The summed E-state index contributed by atoms with van der Waals surface area (Å²) in [6.45, 7) is 0. The summed E-state index contributed by atoms with van der Waals surface area (Å²) in [6.07, 6.45) is 0. The van der Waals surface area contributed by atoms with Crippen molar-refractivity contribution in [2.75, 3.05) is 12.4 Å². The highest BCUT2D eigenvalue weighted by molar-refractivity contribution is 7.80. The second kappa shape index (κ2) is 8.26. The largest absolute Gasteiger partial charge is 0.332 e. The fraction of sp³-hybridized carbons (Fsp3) is 0.0455. The fourth-order valence-electron chi connectivity index (χ4n) is 2.64. The molecule has 0 aliphatic carbocycles. The number of hydrogen-bond donors (Lipinski definition) is 1. The van der Waals surface area contributed by atoms with Crippen LogP contribution in [0.25, 0.3) is 11.1 Å². The third-order valence-electron chi connectivity index (χ3n) is 4.12. The normalized spacial score (nSPS) is 9.93. The van der Waals surface area contributed by atoms with Crippen molar-refractivity contribution in [3.63, 3.8) is 0 Å². The van der Waals surface area contributed by atoms with Gasteiger partial charge < -0.3 is 5.32 Å². The molecule has 0 aliphatic heterocycles. The maximum Gasteiger partial charge on any atom is 0.259 e. The van der Waals surface area contributed by atoms with E-state index in [1.807, 2.05) is 60.7 Å². The van der Waals surface area contributed by atoms with E-state index in [0.717, 1.165) is 16.8 Å². The van der Waals surface area contributed by atoms with Gasteiger partial charge in [-0.3, -0.25) is 9.69 Å². The average Bonchev–Trinajstić information content (AvgIpc) is 2.73. The number of nitrogens with one attached hydrogen (secondary N) is 1. The van der Waals surface area contributed by atoms with Crippen molar-refractivity contribution < 1.29 is 4.79 Å². The van der Waals surface area contributed by atoms with E-state index in [2.05, 4.69) is 11.4 Å². The Morgan fingerprint density at radius 1 is 0.963 bits per heavy atom. The lowest BCUT2D eigenvalue weighted by atomic mass is 10.0. The lowest BCUT2D eigenvalue weighted by molar-refractivity contribution is 0.0873. The van der Waals surface area contributed by atoms with E-state index in [9.17, 15) is 10.1 Å². The van der Waals surface area contributed by atoms with Crippen molar-refractivity contribution in [2.45, 2.75) is 0 Å². The number of benzene rings is 3. The lowest BCUT2D eigenvalue weighted by Crippen LogP contribution is -2.36. The van der Waals surface area contributed by atoms with Gasteiger partial charge >= 0.3 is 0 Å². The standard InChI is InChI=1S/C22H17N3OS/c1-25(21(26)17-7-3-2-4-8-17)22(27)24-19-13-11-16(12-14-19)20-10-6-5-9-18(20)15-23/h2-14H,1H3,(H,24,27). The highest BCUT2D eigenvalue weighted by atomic mass is 32.1. The van der Waals surface area contributed by atoms with Crippen LogP contribution in [0.5, 0.6) is 0 Å². The number of amides is 1. The smallest absolute Gasteiger partial charge is 0.259 e. The number of thiocarbonyl (C=S) groups is 1. The molecule has 5 heteroatoms. The molecular formula is C22H17N3OS. The first-order valence-electron chi connectivity index (χ1n) is 8.34. The summed E-state index contributed by atoms with van der Waals surface area (Å²) < 4.78 is 0. The molecule has 0 aliphatic rings. The molecule has 3 rings (SSSR count). The third kappa shape index (κ3) is 4.20. The molecule has 0 saturated carbocycles. The summed E-state index contributed by atoms with van der Waals surface area (Å²) in [7, 11) is 1.64. The fourth-order valence-corrected chi connectivity index (χ4v) is 2.84. The topological polar surface area (TPSA) is 56.1 Å². The first-order chi connectivity index (χ1) is 13.1. The lowest BCUT2D eigenvalue weighted by Gasteiger charge is -2.19. The zero-order chi connectivity index (χ0) is 19.2. The van der Waals surface area contributed by atoms with Gasteiger partial charge in [0.2, 0.25) is 0 Å². The number of hydrogen-bond acceptors (Lipinski definition) is 3. The van der Waals surface area contributed by atoms with E-state index in [4.69, 9.17) is 12.2 Å². The molecule has 1 amide bonds. The number of rotatable bonds is 3. The first kappa shape index (κ1) is 18.3. The number of carbonyl (C=O) groups excluding carboxylic acids is 1. The molecule has 132 valence electrons. The molecule has 0 radical (unpaired) electrons. The van der Waals surface area contributed by atoms with Crippen LogP contribution >= 0.6 is 12.2 Å². The third-order valence-corrected chi connectivity index (χ3v) is 4.50. The summed E-state index contributed by atoms with van der Waals surface area (Å²) in [6, 6.07) is 26.2. The van der Waals surface area contributed by atoms with Gasteiger partial charge in [-0.05, 0) is 53.7 Å². The zero-order valence-corrected chi connectivity index (χ0v) is 15.5. The molecule has 0 saturated heterocycles. The summed E-state index contributed by atoms with van der Waals surface area (Å²) in [5.74, 6) is -0.173. The minimum absolute atomic E-state index is 0.173. The van der Waals surface area contributed by atoms with Crippen LogP contribution in [0, 0.1) is 11.3 Å². The molecule has 4 nitrogen and oxygen atoms in total. The minimum Gasteiger partial charge on any atom is -0.332 e. The van der Waals surface area contributed by atoms with Crippen LogP contribution in [-0.4, -0.2) is 23.0 Å². The van der Waals surface area contributed by atoms with Gasteiger partial charge in [-0.25, -0.2) is 0 Å². The van der Waals surface area contributed by atoms with Gasteiger partial charge in [-0.2, -0.15) is 5.26 Å². The second-order valence-corrected chi connectivity index (χ2v) is 6.28. The van der Waals surface area contributed by atoms with Crippen LogP contribution in [-0.2, 0) is 0 Å². The van der Waals surface area contributed by atoms with Crippen LogP contribution < -0.4 is 5.32 Å². The molecule has 0 spiro atoms. The zero-order valence-electron chi connectivity index (χ0n) is 14.7. The van der Waals surface area contributed by atoms with Crippen molar-refractivity contribution in [2.24, 2.45) is 0 Å². The number of carbonyl (C=O) groups is 1. The molecule has 0 atom stereocenters.